The number of anilines is 1. The number of nitriles is 1. The second-order valence-electron chi connectivity index (χ2n) is 10.8. The van der Waals surface area contributed by atoms with E-state index in [1.54, 1.807) is 36.8 Å². The van der Waals surface area contributed by atoms with Crippen LogP contribution < -0.4 is 15.0 Å². The molecule has 11 heteroatoms. The summed E-state index contributed by atoms with van der Waals surface area (Å²) in [7, 11) is 0. The van der Waals surface area contributed by atoms with Crippen LogP contribution in [0.2, 0.25) is 0 Å². The van der Waals surface area contributed by atoms with Gasteiger partial charge in [-0.15, -0.1) is 0 Å². The minimum absolute atomic E-state index is 0.0671. The first kappa shape index (κ1) is 27.0. The van der Waals surface area contributed by atoms with Crippen molar-refractivity contribution < 1.29 is 23.4 Å². The number of nitrogens with zero attached hydrogens (tertiary/aromatic N) is 5. The molecule has 0 bridgehead atoms. The molecule has 206 valence electrons. The predicted molar refractivity (Wildman–Crippen MR) is 144 cm³/mol. The molecule has 1 aromatic carbocycles. The van der Waals surface area contributed by atoms with Gasteiger partial charge in [0.1, 0.15) is 24.2 Å². The van der Waals surface area contributed by atoms with E-state index in [1.165, 1.54) is 18.3 Å². The Morgan fingerprint density at radius 1 is 1.27 bits per heavy atom. The van der Waals surface area contributed by atoms with Gasteiger partial charge in [-0.05, 0) is 57.5 Å². The molecule has 1 aliphatic rings. The highest BCUT2D eigenvalue weighted by atomic mass is 19.2. The highest BCUT2D eigenvalue weighted by Gasteiger charge is 2.36. The number of carbonyl (C=O) groups is 1. The Morgan fingerprint density at radius 2 is 2.08 bits per heavy atom. The highest BCUT2D eigenvalue weighted by Crippen LogP contribution is 2.33. The summed E-state index contributed by atoms with van der Waals surface area (Å²) >= 11 is 0. The van der Waals surface area contributed by atoms with Crippen molar-refractivity contribution in [3.05, 3.63) is 77.8 Å². The third kappa shape index (κ3) is 5.44. The van der Waals surface area contributed by atoms with E-state index in [0.29, 0.717) is 47.7 Å². The predicted octanol–water partition coefficient (Wildman–Crippen LogP) is 4.09. The molecule has 3 aromatic heterocycles. The molecule has 5 rings (SSSR count). The number of nitrogens with one attached hydrogen (secondary N) is 1. The molecule has 1 amide bonds. The number of aromatic nitrogens is 3. The number of rotatable bonds is 7. The smallest absolute Gasteiger partial charge is 0.254 e. The number of aliphatic hydroxyl groups is 1. The van der Waals surface area contributed by atoms with Gasteiger partial charge >= 0.3 is 0 Å². The maximum Gasteiger partial charge on any atom is 0.254 e. The molecule has 0 spiro atoms. The molecule has 2 N–H and O–H groups in total. The quantitative estimate of drug-likeness (QED) is 0.359. The Bertz CT molecular complexity index is 1620. The van der Waals surface area contributed by atoms with Crippen LogP contribution in [0.1, 0.15) is 43.1 Å². The average Bonchev–Trinajstić information content (AvgIpc) is 3.51. The molecule has 4 aromatic rings. The summed E-state index contributed by atoms with van der Waals surface area (Å²) in [6, 6.07) is 11.2. The molecule has 1 fully saturated rings. The van der Waals surface area contributed by atoms with Crippen LogP contribution in [0.4, 0.5) is 14.6 Å². The zero-order chi connectivity index (χ0) is 28.7. The summed E-state index contributed by atoms with van der Waals surface area (Å²) in [5.41, 5.74) is 0.387. The molecule has 9 nitrogen and oxygen atoms in total. The molecule has 40 heavy (non-hydrogen) atoms. The summed E-state index contributed by atoms with van der Waals surface area (Å²) < 4.78 is 35.1. The van der Waals surface area contributed by atoms with E-state index in [9.17, 15) is 23.9 Å². The maximum atomic E-state index is 14.1. The Balaban J connectivity index is 1.36. The normalized spacial score (nSPS) is 17.2. The monoisotopic (exact) mass is 546 g/mol. The van der Waals surface area contributed by atoms with E-state index >= 15 is 0 Å². The fourth-order valence-electron chi connectivity index (χ4n) is 4.75. The van der Waals surface area contributed by atoms with E-state index in [4.69, 9.17) is 4.74 Å². The molecular formula is C29H28F2N6O3. The highest BCUT2D eigenvalue weighted by molar-refractivity contribution is 5.95. The minimum atomic E-state index is -1.17. The lowest BCUT2D eigenvalue weighted by Gasteiger charge is -2.26. The first-order chi connectivity index (χ1) is 19.0. The Kier molecular flexibility index (Phi) is 6.89. The summed E-state index contributed by atoms with van der Waals surface area (Å²) in [6.07, 6.45) is 5.41. The molecule has 1 aliphatic heterocycles. The lowest BCUT2D eigenvalue weighted by molar-refractivity contribution is 0.0283. The van der Waals surface area contributed by atoms with E-state index in [0.717, 1.165) is 11.6 Å². The number of fused-ring (bicyclic) bond motifs is 1. The van der Waals surface area contributed by atoms with Crippen LogP contribution in [0, 0.1) is 23.0 Å². The molecule has 0 aliphatic carbocycles. The number of amides is 1. The Morgan fingerprint density at radius 3 is 2.77 bits per heavy atom. The third-order valence-electron chi connectivity index (χ3n) is 6.77. The number of benzene rings is 1. The van der Waals surface area contributed by atoms with Crippen molar-refractivity contribution in [1.82, 2.24) is 19.9 Å². The molecule has 0 saturated carbocycles. The summed E-state index contributed by atoms with van der Waals surface area (Å²) in [6.45, 7) is 6.23. The van der Waals surface area contributed by atoms with Crippen LogP contribution in [-0.4, -0.2) is 56.4 Å². The number of hydrogen-bond acceptors (Lipinski definition) is 7. The third-order valence-corrected chi connectivity index (χ3v) is 6.77. The van der Waals surface area contributed by atoms with Crippen LogP contribution in [0.3, 0.4) is 0 Å². The Labute approximate surface area is 229 Å². The molecular weight excluding hydrogens is 518 g/mol. The second-order valence-corrected chi connectivity index (χ2v) is 10.8. The SMILES string of the molecule is CC(C)(O)COc1cc(-c2ccc(N3CC[C@](C)(NC(=O)c4cccc(F)c4F)C3)nc2)c2c(C#N)cnn2c1. The molecule has 1 atom stereocenters. The van der Waals surface area contributed by atoms with Crippen molar-refractivity contribution in [2.45, 2.75) is 38.3 Å². The molecule has 4 heterocycles. The van der Waals surface area contributed by atoms with Crippen molar-refractivity contribution in [2.24, 2.45) is 0 Å². The van der Waals surface area contributed by atoms with Gasteiger partial charge in [-0.25, -0.2) is 18.3 Å². The van der Waals surface area contributed by atoms with Gasteiger partial charge in [-0.1, -0.05) is 6.07 Å². The van der Waals surface area contributed by atoms with Crippen LogP contribution in [0.15, 0.2) is 55.0 Å². The largest absolute Gasteiger partial charge is 0.489 e. The van der Waals surface area contributed by atoms with Crippen LogP contribution >= 0.6 is 0 Å². The first-order valence-electron chi connectivity index (χ1n) is 12.7. The summed E-state index contributed by atoms with van der Waals surface area (Å²) in [5.74, 6) is -1.76. The number of halogens is 2. The van der Waals surface area contributed by atoms with Gasteiger partial charge in [-0.2, -0.15) is 10.4 Å². The van der Waals surface area contributed by atoms with Gasteiger partial charge in [0.2, 0.25) is 0 Å². The number of carbonyl (C=O) groups excluding carboxylic acids is 1. The lowest BCUT2D eigenvalue weighted by Crippen LogP contribution is -2.48. The van der Waals surface area contributed by atoms with E-state index in [-0.39, 0.29) is 12.2 Å². The van der Waals surface area contributed by atoms with Crippen molar-refractivity contribution in [1.29, 1.82) is 5.26 Å². The van der Waals surface area contributed by atoms with E-state index in [1.807, 2.05) is 24.0 Å². The zero-order valence-corrected chi connectivity index (χ0v) is 22.3. The van der Waals surface area contributed by atoms with Gasteiger partial charge in [0.05, 0.1) is 40.2 Å². The topological polar surface area (TPSA) is 116 Å². The van der Waals surface area contributed by atoms with Gasteiger partial charge < -0.3 is 20.1 Å². The summed E-state index contributed by atoms with van der Waals surface area (Å²) in [5, 5.41) is 26.8. The zero-order valence-electron chi connectivity index (χ0n) is 22.3. The average molecular weight is 547 g/mol. The molecule has 0 radical (unpaired) electrons. The maximum absolute atomic E-state index is 14.1. The standard InChI is InChI=1S/C29H28F2N6O3/c1-28(2,39)17-40-20-11-22(26-19(12-32)14-34-37(26)15-20)18-7-8-24(33-13-18)36-10-9-29(3,16-36)35-27(38)21-5-4-6-23(30)25(21)31/h4-8,11,13-15,39H,9-10,16-17H2,1-3H3,(H,35,38)/t29-/m0/s1. The van der Waals surface area contributed by atoms with Crippen molar-refractivity contribution >= 4 is 17.2 Å². The number of hydrogen-bond donors (Lipinski definition) is 2. The van der Waals surface area contributed by atoms with E-state index < -0.39 is 28.7 Å². The van der Waals surface area contributed by atoms with Gasteiger partial charge in [0, 0.05) is 30.4 Å². The van der Waals surface area contributed by atoms with Gasteiger partial charge in [0.25, 0.3) is 5.91 Å². The van der Waals surface area contributed by atoms with Crippen molar-refractivity contribution in [3.63, 3.8) is 0 Å². The number of ether oxygens (including phenoxy) is 1. The van der Waals surface area contributed by atoms with Crippen LogP contribution in [0.5, 0.6) is 5.75 Å². The fourth-order valence-corrected chi connectivity index (χ4v) is 4.75. The fraction of sp³-hybridized carbons (Fsp3) is 0.310. The minimum Gasteiger partial charge on any atom is -0.489 e. The number of pyridine rings is 2. The van der Waals surface area contributed by atoms with Gasteiger partial charge in [0.15, 0.2) is 11.6 Å². The van der Waals surface area contributed by atoms with Crippen molar-refractivity contribution in [3.8, 4) is 22.9 Å². The summed E-state index contributed by atoms with van der Waals surface area (Å²) in [4.78, 5) is 19.3. The van der Waals surface area contributed by atoms with Gasteiger partial charge in [-0.3, -0.25) is 4.79 Å². The van der Waals surface area contributed by atoms with Crippen LogP contribution in [0.25, 0.3) is 16.6 Å². The molecule has 0 unspecified atom stereocenters. The molecule has 1 saturated heterocycles. The first-order valence-corrected chi connectivity index (χ1v) is 12.7. The van der Waals surface area contributed by atoms with Crippen LogP contribution in [-0.2, 0) is 0 Å². The second kappa shape index (κ2) is 10.2. The van der Waals surface area contributed by atoms with Crippen molar-refractivity contribution in [2.75, 3.05) is 24.6 Å². The van der Waals surface area contributed by atoms with E-state index in [2.05, 4.69) is 21.5 Å². The lowest BCUT2D eigenvalue weighted by atomic mass is 10.0. The Hall–Kier alpha value is -4.56.